The lowest BCUT2D eigenvalue weighted by Gasteiger charge is -2.00. The van der Waals surface area contributed by atoms with Gasteiger partial charge in [0.1, 0.15) is 11.4 Å². The number of halogens is 1. The Balaban J connectivity index is 1.97. The zero-order valence-corrected chi connectivity index (χ0v) is 11.7. The number of aryl methyl sites for hydroxylation is 1. The second kappa shape index (κ2) is 4.53. The van der Waals surface area contributed by atoms with E-state index in [4.69, 9.17) is 4.42 Å². The van der Waals surface area contributed by atoms with E-state index >= 15 is 0 Å². The molecular formula is C17H11FN2O2. The lowest BCUT2D eigenvalue weighted by atomic mass is 10.1. The molecule has 0 atom stereocenters. The molecule has 22 heavy (non-hydrogen) atoms. The summed E-state index contributed by atoms with van der Waals surface area (Å²) in [6, 6.07) is 7.74. The first-order chi connectivity index (χ1) is 10.6. The summed E-state index contributed by atoms with van der Waals surface area (Å²) in [7, 11) is 0. The van der Waals surface area contributed by atoms with Crippen LogP contribution in [0.1, 0.15) is 5.69 Å². The van der Waals surface area contributed by atoms with Crippen LogP contribution in [-0.2, 0) is 0 Å². The Hall–Kier alpha value is -2.95. The molecule has 1 aromatic carbocycles. The van der Waals surface area contributed by atoms with Crippen LogP contribution in [0.25, 0.3) is 27.6 Å². The summed E-state index contributed by atoms with van der Waals surface area (Å²) in [5.41, 5.74) is 2.72. The molecule has 0 saturated carbocycles. The van der Waals surface area contributed by atoms with Gasteiger partial charge in [-0.15, -0.1) is 0 Å². The van der Waals surface area contributed by atoms with Crippen molar-refractivity contribution in [3.05, 3.63) is 70.9 Å². The first-order valence-electron chi connectivity index (χ1n) is 6.78. The van der Waals surface area contributed by atoms with Gasteiger partial charge in [-0.3, -0.25) is 4.98 Å². The van der Waals surface area contributed by atoms with Gasteiger partial charge in [0.05, 0.1) is 23.0 Å². The van der Waals surface area contributed by atoms with E-state index in [0.717, 1.165) is 16.8 Å². The van der Waals surface area contributed by atoms with Crippen LogP contribution < -0.4 is 5.63 Å². The molecule has 0 aliphatic carbocycles. The van der Waals surface area contributed by atoms with Crippen LogP contribution in [0.15, 0.2) is 58.1 Å². The van der Waals surface area contributed by atoms with Crippen molar-refractivity contribution in [1.82, 2.24) is 9.38 Å². The van der Waals surface area contributed by atoms with E-state index in [1.807, 2.05) is 29.8 Å². The number of hydrogen-bond acceptors (Lipinski definition) is 3. The molecule has 3 aromatic heterocycles. The topological polar surface area (TPSA) is 47.5 Å². The van der Waals surface area contributed by atoms with Gasteiger partial charge in [-0.25, -0.2) is 9.18 Å². The smallest absolute Gasteiger partial charge is 0.344 e. The first kappa shape index (κ1) is 12.8. The minimum Gasteiger partial charge on any atom is -0.422 e. The standard InChI is InChI=1S/C17H11FN2O2/c1-10-8-20-9-12(4-14(20)7-19-10)15-5-11-2-3-13(18)6-16(11)22-17(15)21/h2-9H,1H3. The molecule has 0 fully saturated rings. The zero-order chi connectivity index (χ0) is 15.3. The van der Waals surface area contributed by atoms with E-state index in [-0.39, 0.29) is 5.58 Å². The molecule has 0 spiro atoms. The quantitative estimate of drug-likeness (QED) is 0.504. The van der Waals surface area contributed by atoms with Crippen molar-refractivity contribution in [2.75, 3.05) is 0 Å². The van der Waals surface area contributed by atoms with Gasteiger partial charge >= 0.3 is 5.63 Å². The third-order valence-corrected chi connectivity index (χ3v) is 3.62. The SMILES string of the molecule is Cc1cn2cc(-c3cc4ccc(F)cc4oc3=O)cc2cn1. The maximum atomic E-state index is 13.2. The van der Waals surface area contributed by atoms with E-state index in [1.165, 1.54) is 12.1 Å². The van der Waals surface area contributed by atoms with Crippen LogP contribution in [-0.4, -0.2) is 9.38 Å². The molecule has 0 aliphatic rings. The van der Waals surface area contributed by atoms with E-state index in [2.05, 4.69) is 4.98 Å². The molecule has 108 valence electrons. The molecule has 4 nitrogen and oxygen atoms in total. The Morgan fingerprint density at radius 2 is 2.05 bits per heavy atom. The van der Waals surface area contributed by atoms with Gasteiger partial charge in [0.15, 0.2) is 0 Å². The Morgan fingerprint density at radius 3 is 2.91 bits per heavy atom. The lowest BCUT2D eigenvalue weighted by Crippen LogP contribution is -2.02. The van der Waals surface area contributed by atoms with Gasteiger partial charge in [-0.1, -0.05) is 0 Å². The number of benzene rings is 1. The highest BCUT2D eigenvalue weighted by molar-refractivity contribution is 5.82. The Morgan fingerprint density at radius 1 is 1.18 bits per heavy atom. The predicted octanol–water partition coefficient (Wildman–Crippen LogP) is 3.56. The highest BCUT2D eigenvalue weighted by Gasteiger charge is 2.11. The second-order valence-corrected chi connectivity index (χ2v) is 5.22. The molecule has 4 rings (SSSR count). The Kier molecular flexibility index (Phi) is 2.63. The first-order valence-corrected chi connectivity index (χ1v) is 6.78. The average molecular weight is 294 g/mol. The van der Waals surface area contributed by atoms with Crippen molar-refractivity contribution in [3.63, 3.8) is 0 Å². The molecule has 0 amide bonds. The summed E-state index contributed by atoms with van der Waals surface area (Å²) in [5.74, 6) is -0.431. The van der Waals surface area contributed by atoms with Crippen LogP contribution in [0.2, 0.25) is 0 Å². The lowest BCUT2D eigenvalue weighted by molar-refractivity contribution is 0.556. The van der Waals surface area contributed by atoms with E-state index in [9.17, 15) is 9.18 Å². The summed E-state index contributed by atoms with van der Waals surface area (Å²) >= 11 is 0. The van der Waals surface area contributed by atoms with Crippen LogP contribution in [0.4, 0.5) is 4.39 Å². The molecule has 4 aromatic rings. The number of nitrogens with zero attached hydrogens (tertiary/aromatic N) is 2. The van der Waals surface area contributed by atoms with Gasteiger partial charge < -0.3 is 8.82 Å². The van der Waals surface area contributed by atoms with Crippen LogP contribution in [0, 0.1) is 12.7 Å². The van der Waals surface area contributed by atoms with Crippen molar-refractivity contribution in [3.8, 4) is 11.1 Å². The summed E-state index contributed by atoms with van der Waals surface area (Å²) < 4.78 is 20.3. The van der Waals surface area contributed by atoms with Gasteiger partial charge in [-0.05, 0) is 31.2 Å². The van der Waals surface area contributed by atoms with Crippen molar-refractivity contribution in [1.29, 1.82) is 0 Å². The van der Waals surface area contributed by atoms with Crippen LogP contribution in [0.5, 0.6) is 0 Å². The maximum absolute atomic E-state index is 13.2. The maximum Gasteiger partial charge on any atom is 0.344 e. The van der Waals surface area contributed by atoms with Crippen molar-refractivity contribution >= 4 is 16.5 Å². The van der Waals surface area contributed by atoms with E-state index in [0.29, 0.717) is 10.9 Å². The molecule has 0 bridgehead atoms. The number of rotatable bonds is 1. The summed E-state index contributed by atoms with van der Waals surface area (Å²) in [5, 5.41) is 0.681. The van der Waals surface area contributed by atoms with Gasteiger partial charge in [0.2, 0.25) is 0 Å². The second-order valence-electron chi connectivity index (χ2n) is 5.22. The monoisotopic (exact) mass is 294 g/mol. The molecule has 0 unspecified atom stereocenters. The van der Waals surface area contributed by atoms with E-state index in [1.54, 1.807) is 18.3 Å². The molecular weight excluding hydrogens is 283 g/mol. The van der Waals surface area contributed by atoms with Gasteiger partial charge in [0.25, 0.3) is 0 Å². The molecule has 0 saturated heterocycles. The summed E-state index contributed by atoms with van der Waals surface area (Å²) in [4.78, 5) is 16.4. The van der Waals surface area contributed by atoms with Crippen LogP contribution in [0.3, 0.4) is 0 Å². The summed E-state index contributed by atoms with van der Waals surface area (Å²) in [6.07, 6.45) is 5.49. The molecule has 5 heteroatoms. The fraction of sp³-hybridized carbons (Fsp3) is 0.0588. The van der Waals surface area contributed by atoms with Crippen molar-refractivity contribution in [2.24, 2.45) is 0 Å². The number of hydrogen-bond donors (Lipinski definition) is 0. The molecule has 0 aliphatic heterocycles. The van der Waals surface area contributed by atoms with E-state index < -0.39 is 11.4 Å². The Bertz CT molecular complexity index is 1080. The number of aromatic nitrogens is 2. The van der Waals surface area contributed by atoms with Gasteiger partial charge in [0, 0.05) is 29.4 Å². The fourth-order valence-electron chi connectivity index (χ4n) is 2.55. The van der Waals surface area contributed by atoms with Crippen LogP contribution >= 0.6 is 0 Å². The normalized spacial score (nSPS) is 11.4. The molecule has 3 heterocycles. The summed E-state index contributed by atoms with van der Waals surface area (Å²) in [6.45, 7) is 1.90. The minimum atomic E-state index is -0.487. The third-order valence-electron chi connectivity index (χ3n) is 3.62. The molecule has 0 N–H and O–H groups in total. The minimum absolute atomic E-state index is 0.245. The van der Waals surface area contributed by atoms with Crippen molar-refractivity contribution in [2.45, 2.75) is 6.92 Å². The zero-order valence-electron chi connectivity index (χ0n) is 11.7. The molecule has 0 radical (unpaired) electrons. The highest BCUT2D eigenvalue weighted by Crippen LogP contribution is 2.23. The van der Waals surface area contributed by atoms with Gasteiger partial charge in [-0.2, -0.15) is 0 Å². The van der Waals surface area contributed by atoms with Crippen molar-refractivity contribution < 1.29 is 8.81 Å². The largest absolute Gasteiger partial charge is 0.422 e. The third kappa shape index (κ3) is 1.98. The number of fused-ring (bicyclic) bond motifs is 2. The Labute approximate surface area is 124 Å². The average Bonchev–Trinajstić information content (AvgIpc) is 2.89. The highest BCUT2D eigenvalue weighted by atomic mass is 19.1. The fourth-order valence-corrected chi connectivity index (χ4v) is 2.55. The predicted molar refractivity (Wildman–Crippen MR) is 81.4 cm³/mol.